The second-order valence-corrected chi connectivity index (χ2v) is 9.64. The molecule has 0 radical (unpaired) electrons. The number of rotatable bonds is 11. The Bertz CT molecular complexity index is 1300. The van der Waals surface area contributed by atoms with Crippen molar-refractivity contribution in [3.8, 4) is 11.1 Å². The van der Waals surface area contributed by atoms with Crippen LogP contribution in [-0.4, -0.2) is 10.5 Å². The summed E-state index contributed by atoms with van der Waals surface area (Å²) in [6.45, 7) is 4.44. The van der Waals surface area contributed by atoms with Gasteiger partial charge < -0.3 is 0 Å². The Hall–Kier alpha value is -3.60. The number of nitrogens with zero attached hydrogens (tertiary/aromatic N) is 4. The number of carbonyl (C=O) groups is 1. The third kappa shape index (κ3) is 9.90. The van der Waals surface area contributed by atoms with E-state index >= 15 is 0 Å². The fraction of sp³-hybridized carbons (Fsp3) is 0.273. The van der Waals surface area contributed by atoms with Crippen LogP contribution in [0.15, 0.2) is 122 Å². The molecule has 0 saturated carbocycles. The Morgan fingerprint density at radius 3 is 2.10 bits per heavy atom. The molecule has 6 heteroatoms. The van der Waals surface area contributed by atoms with Crippen molar-refractivity contribution < 1.29 is 35.6 Å². The minimum Gasteiger partial charge on any atom is -0.235 e. The summed E-state index contributed by atoms with van der Waals surface area (Å²) >= 11 is 0. The molecule has 3 heterocycles. The number of aromatic nitrogens is 4. The van der Waals surface area contributed by atoms with Crippen molar-refractivity contribution in [3.05, 3.63) is 128 Å². The fourth-order valence-electron chi connectivity index (χ4n) is 4.40. The molecular formula is C33H39FeN4O+3. The van der Waals surface area contributed by atoms with Crippen LogP contribution in [0.1, 0.15) is 49.4 Å². The first-order valence-electron chi connectivity index (χ1n) is 13.7. The van der Waals surface area contributed by atoms with Gasteiger partial charge in [-0.3, -0.25) is 0 Å². The molecule has 0 aliphatic carbocycles. The molecule has 5 aromatic rings. The summed E-state index contributed by atoms with van der Waals surface area (Å²) in [6, 6.07) is 26.6. The van der Waals surface area contributed by atoms with Gasteiger partial charge in [-0.25, -0.2) is 42.8 Å². The van der Waals surface area contributed by atoms with Crippen molar-refractivity contribution >= 4 is 5.91 Å². The first-order valence-corrected chi connectivity index (χ1v) is 13.7. The van der Waals surface area contributed by atoms with Gasteiger partial charge in [0.2, 0.25) is 12.9 Å². The summed E-state index contributed by atoms with van der Waals surface area (Å²) in [5.74, 6) is 0.0339. The monoisotopic (exact) mass is 563 g/mol. The molecule has 202 valence electrons. The Kier molecular flexibility index (Phi) is 12.6. The molecular weight excluding hydrogens is 524 g/mol. The van der Waals surface area contributed by atoms with Crippen LogP contribution >= 0.6 is 0 Å². The molecule has 0 aliphatic heterocycles. The van der Waals surface area contributed by atoms with E-state index in [9.17, 15) is 4.79 Å². The minimum atomic E-state index is 0. The smallest absolute Gasteiger partial charge is 0.235 e. The zero-order chi connectivity index (χ0) is 26.4. The summed E-state index contributed by atoms with van der Waals surface area (Å²) in [5, 5.41) is 0. The maximum atomic E-state index is 12.7. The molecule has 0 N–H and O–H groups in total. The van der Waals surface area contributed by atoms with E-state index in [2.05, 4.69) is 52.7 Å². The van der Waals surface area contributed by atoms with Gasteiger partial charge in [0.25, 0.3) is 0 Å². The van der Waals surface area contributed by atoms with E-state index < -0.39 is 0 Å². The van der Waals surface area contributed by atoms with E-state index in [1.165, 1.54) is 37.7 Å². The number of hydrogen-bond acceptors (Lipinski definition) is 1. The molecule has 0 aliphatic rings. The van der Waals surface area contributed by atoms with Crippen molar-refractivity contribution in [1.82, 2.24) is 4.57 Å². The number of aryl methyl sites for hydroxylation is 1. The van der Waals surface area contributed by atoms with E-state index in [4.69, 9.17) is 0 Å². The third-order valence-electron chi connectivity index (χ3n) is 6.58. The topological polar surface area (TPSA) is 33.6 Å². The molecule has 0 saturated heterocycles. The van der Waals surface area contributed by atoms with Crippen LogP contribution in [0.2, 0.25) is 0 Å². The average molecular weight is 564 g/mol. The molecule has 39 heavy (non-hydrogen) atoms. The predicted molar refractivity (Wildman–Crippen MR) is 149 cm³/mol. The standard InChI is InChI=1S/C28H34N4O.C5H5.Fe/c1-2-3-4-5-8-15-29-16-11-26(12-17-29)27-13-18-32(19-14-27)28(33)23-31-21-20-30(24-31)22-25-9-6-7-10-25;1-2-4-5-3-1;/h6-7,9-14,16-21,24H,2-5,8,15,22-23H2,1H3;1-5H;/q+2;-1;+2. The van der Waals surface area contributed by atoms with Gasteiger partial charge in [0.1, 0.15) is 18.9 Å². The van der Waals surface area contributed by atoms with Gasteiger partial charge in [-0.15, -0.1) is 10.1 Å². The number of unbranched alkanes of at least 4 members (excludes halogenated alkanes) is 4. The van der Waals surface area contributed by atoms with E-state index in [0.717, 1.165) is 24.2 Å². The SMILES string of the molecule is CCCCCCC[n+]1ccc(-c2cc[n+](C(=O)Cn3cc[n+](Cc4ccc[cH-]4)c3)cc2)cc1.[Fe+2].c1cc[cH-]c1. The van der Waals surface area contributed by atoms with Crippen LogP contribution < -0.4 is 13.7 Å². The van der Waals surface area contributed by atoms with Crippen molar-refractivity contribution in [1.29, 1.82) is 0 Å². The predicted octanol–water partition coefficient (Wildman–Crippen LogP) is 5.50. The molecule has 5 nitrogen and oxygen atoms in total. The van der Waals surface area contributed by atoms with Gasteiger partial charge in [0.15, 0.2) is 24.8 Å². The molecule has 0 amide bonds. The van der Waals surface area contributed by atoms with Crippen LogP contribution in [0.5, 0.6) is 0 Å². The van der Waals surface area contributed by atoms with Crippen molar-refractivity contribution in [2.75, 3.05) is 0 Å². The molecule has 0 spiro atoms. The first-order chi connectivity index (χ1) is 18.7. The Morgan fingerprint density at radius 1 is 0.795 bits per heavy atom. The molecule has 3 aromatic heterocycles. The van der Waals surface area contributed by atoms with Gasteiger partial charge in [-0.05, 0) is 17.5 Å². The molecule has 5 rings (SSSR count). The average Bonchev–Trinajstić information content (AvgIpc) is 3.75. The van der Waals surface area contributed by atoms with Crippen LogP contribution in [0.4, 0.5) is 0 Å². The number of carbonyl (C=O) groups excluding carboxylic acids is 1. The number of pyridine rings is 2. The van der Waals surface area contributed by atoms with Crippen LogP contribution in [0.3, 0.4) is 0 Å². The van der Waals surface area contributed by atoms with E-state index in [1.807, 2.05) is 90.3 Å². The maximum Gasteiger partial charge on any atom is 2.00 e. The van der Waals surface area contributed by atoms with Crippen LogP contribution in [0, 0.1) is 0 Å². The van der Waals surface area contributed by atoms with Crippen molar-refractivity contribution in [2.24, 2.45) is 0 Å². The zero-order valence-corrected chi connectivity index (χ0v) is 23.9. The molecule has 0 atom stereocenters. The summed E-state index contributed by atoms with van der Waals surface area (Å²) in [7, 11) is 0. The van der Waals surface area contributed by atoms with E-state index in [0.29, 0.717) is 6.54 Å². The van der Waals surface area contributed by atoms with Crippen LogP contribution in [0.25, 0.3) is 11.1 Å². The molecule has 0 unspecified atom stereocenters. The van der Waals surface area contributed by atoms with E-state index in [1.54, 1.807) is 4.57 Å². The Labute approximate surface area is 243 Å². The van der Waals surface area contributed by atoms with Gasteiger partial charge in [0.05, 0.1) is 6.54 Å². The second kappa shape index (κ2) is 16.4. The largest absolute Gasteiger partial charge is 2.00 e. The van der Waals surface area contributed by atoms with Crippen molar-refractivity contribution in [2.45, 2.75) is 58.7 Å². The van der Waals surface area contributed by atoms with E-state index in [-0.39, 0.29) is 23.0 Å². The summed E-state index contributed by atoms with van der Waals surface area (Å²) in [5.41, 5.74) is 3.53. The molecule has 2 aromatic carbocycles. The summed E-state index contributed by atoms with van der Waals surface area (Å²) < 4.78 is 7.92. The van der Waals surface area contributed by atoms with Gasteiger partial charge in [-0.1, -0.05) is 26.2 Å². The Morgan fingerprint density at radius 2 is 1.49 bits per heavy atom. The van der Waals surface area contributed by atoms with Gasteiger partial charge >= 0.3 is 23.0 Å². The summed E-state index contributed by atoms with van der Waals surface area (Å²) in [6.07, 6.45) is 20.4. The molecule has 0 fully saturated rings. The Balaban J connectivity index is 0.000000630. The maximum absolute atomic E-state index is 12.7. The fourth-order valence-corrected chi connectivity index (χ4v) is 4.40. The van der Waals surface area contributed by atoms with Gasteiger partial charge in [-0.2, -0.15) is 30.3 Å². The first kappa shape index (κ1) is 29.9. The van der Waals surface area contributed by atoms with Crippen LogP contribution in [-0.2, 0) is 36.7 Å². The van der Waals surface area contributed by atoms with Crippen molar-refractivity contribution in [3.63, 3.8) is 0 Å². The second-order valence-electron chi connectivity index (χ2n) is 9.64. The molecule has 0 bridgehead atoms. The summed E-state index contributed by atoms with van der Waals surface area (Å²) in [4.78, 5) is 12.7. The minimum absolute atomic E-state index is 0. The number of imidazole rings is 1. The van der Waals surface area contributed by atoms with Gasteiger partial charge in [0, 0.05) is 30.7 Å². The number of hydrogen-bond donors (Lipinski definition) is 0. The zero-order valence-electron chi connectivity index (χ0n) is 22.8. The quantitative estimate of drug-likeness (QED) is 0.0905. The normalized spacial score (nSPS) is 10.4. The third-order valence-corrected chi connectivity index (χ3v) is 6.58.